The Labute approximate surface area is 107 Å². The Morgan fingerprint density at radius 3 is 2.24 bits per heavy atom. The van der Waals surface area contributed by atoms with Crippen molar-refractivity contribution in [1.82, 2.24) is 10.2 Å². The molecule has 0 amide bonds. The Kier molecular flexibility index (Phi) is 4.99. The molecule has 0 saturated carbocycles. The predicted molar refractivity (Wildman–Crippen MR) is 73.2 cm³/mol. The molecule has 3 heteroatoms. The summed E-state index contributed by atoms with van der Waals surface area (Å²) >= 11 is 0. The second-order valence-electron chi connectivity index (χ2n) is 6.86. The van der Waals surface area contributed by atoms with Gasteiger partial charge in [-0.15, -0.1) is 0 Å². The topological polar surface area (TPSA) is 35.5 Å². The van der Waals surface area contributed by atoms with E-state index in [0.29, 0.717) is 18.0 Å². The van der Waals surface area contributed by atoms with Crippen LogP contribution in [0.2, 0.25) is 0 Å². The Morgan fingerprint density at radius 1 is 1.29 bits per heavy atom. The molecule has 1 aliphatic rings. The summed E-state index contributed by atoms with van der Waals surface area (Å²) < 4.78 is 0. The van der Waals surface area contributed by atoms with Crippen LogP contribution >= 0.6 is 0 Å². The summed E-state index contributed by atoms with van der Waals surface area (Å²) in [6, 6.07) is 0.670. The van der Waals surface area contributed by atoms with Gasteiger partial charge < -0.3 is 15.3 Å². The van der Waals surface area contributed by atoms with Crippen molar-refractivity contribution in [3.05, 3.63) is 0 Å². The van der Waals surface area contributed by atoms with Gasteiger partial charge in [-0.2, -0.15) is 0 Å². The minimum absolute atomic E-state index is 0.399. The van der Waals surface area contributed by atoms with Crippen molar-refractivity contribution >= 4 is 0 Å². The first-order chi connectivity index (χ1) is 7.72. The first-order valence-corrected chi connectivity index (χ1v) is 6.89. The molecule has 1 fully saturated rings. The molecule has 3 nitrogen and oxygen atoms in total. The summed E-state index contributed by atoms with van der Waals surface area (Å²) in [6.45, 7) is 14.7. The summed E-state index contributed by atoms with van der Waals surface area (Å²) in [6.07, 6.45) is 2.51. The van der Waals surface area contributed by atoms with Crippen LogP contribution in [0.3, 0.4) is 0 Å². The molecule has 1 saturated heterocycles. The van der Waals surface area contributed by atoms with E-state index in [1.165, 1.54) is 25.9 Å². The highest BCUT2D eigenvalue weighted by Gasteiger charge is 2.30. The molecule has 0 spiro atoms. The summed E-state index contributed by atoms with van der Waals surface area (Å²) in [7, 11) is 0. The van der Waals surface area contributed by atoms with Gasteiger partial charge in [-0.1, -0.05) is 6.92 Å². The maximum atomic E-state index is 9.68. The fourth-order valence-corrected chi connectivity index (χ4v) is 2.43. The van der Waals surface area contributed by atoms with E-state index in [1.54, 1.807) is 0 Å². The third kappa shape index (κ3) is 5.36. The number of hydrogen-bond donors (Lipinski definition) is 2. The van der Waals surface area contributed by atoms with Crippen LogP contribution in [0.15, 0.2) is 0 Å². The van der Waals surface area contributed by atoms with Crippen molar-refractivity contribution in [2.45, 2.75) is 59.1 Å². The first-order valence-electron chi connectivity index (χ1n) is 6.89. The van der Waals surface area contributed by atoms with E-state index in [-0.39, 0.29) is 0 Å². The Balaban J connectivity index is 2.30. The maximum Gasteiger partial charge on any atom is 0.0715 e. The third-order valence-electron chi connectivity index (χ3n) is 3.84. The number of piperidine rings is 1. The molecule has 0 aromatic rings. The molecule has 0 unspecified atom stereocenters. The van der Waals surface area contributed by atoms with Gasteiger partial charge in [0.2, 0.25) is 0 Å². The fraction of sp³-hybridized carbons (Fsp3) is 1.00. The van der Waals surface area contributed by atoms with E-state index in [4.69, 9.17) is 0 Å². The Hall–Kier alpha value is -0.120. The van der Waals surface area contributed by atoms with Crippen molar-refractivity contribution in [2.75, 3.05) is 26.2 Å². The van der Waals surface area contributed by atoms with Crippen molar-refractivity contribution in [2.24, 2.45) is 5.41 Å². The SMILES string of the molecule is CC(C)N1CCC(C)(CNCC(C)(C)O)CC1. The molecule has 0 aliphatic carbocycles. The summed E-state index contributed by atoms with van der Waals surface area (Å²) in [4.78, 5) is 2.55. The quantitative estimate of drug-likeness (QED) is 0.772. The molecule has 0 aromatic carbocycles. The molecular formula is C14H30N2O. The van der Waals surface area contributed by atoms with Crippen LogP contribution < -0.4 is 5.32 Å². The standard InChI is InChI=1S/C14H30N2O/c1-12(2)16-8-6-14(5,7-9-16)11-15-10-13(3,4)17/h12,15,17H,6-11H2,1-5H3. The molecule has 1 heterocycles. The van der Waals surface area contributed by atoms with Gasteiger partial charge in [0, 0.05) is 19.1 Å². The van der Waals surface area contributed by atoms with Gasteiger partial charge in [0.05, 0.1) is 5.60 Å². The van der Waals surface area contributed by atoms with Gasteiger partial charge in [0.15, 0.2) is 0 Å². The van der Waals surface area contributed by atoms with Gasteiger partial charge in [-0.05, 0) is 59.0 Å². The Morgan fingerprint density at radius 2 is 1.82 bits per heavy atom. The summed E-state index contributed by atoms with van der Waals surface area (Å²) in [5, 5.41) is 13.1. The third-order valence-corrected chi connectivity index (χ3v) is 3.84. The monoisotopic (exact) mass is 242 g/mol. The van der Waals surface area contributed by atoms with Crippen LogP contribution in [0, 0.1) is 5.41 Å². The van der Waals surface area contributed by atoms with Gasteiger partial charge in [0.1, 0.15) is 0 Å². The molecule has 1 rings (SSSR count). The largest absolute Gasteiger partial charge is 0.389 e. The molecular weight excluding hydrogens is 212 g/mol. The predicted octanol–water partition coefficient (Wildman–Crippen LogP) is 1.86. The van der Waals surface area contributed by atoms with E-state index in [0.717, 1.165) is 6.54 Å². The number of hydrogen-bond acceptors (Lipinski definition) is 3. The zero-order valence-corrected chi connectivity index (χ0v) is 12.2. The lowest BCUT2D eigenvalue weighted by Crippen LogP contribution is -2.47. The van der Waals surface area contributed by atoms with Crippen molar-refractivity contribution in [3.63, 3.8) is 0 Å². The van der Waals surface area contributed by atoms with Crippen molar-refractivity contribution in [1.29, 1.82) is 0 Å². The lowest BCUT2D eigenvalue weighted by atomic mass is 9.80. The van der Waals surface area contributed by atoms with E-state index in [1.807, 2.05) is 13.8 Å². The van der Waals surface area contributed by atoms with Crippen molar-refractivity contribution < 1.29 is 5.11 Å². The lowest BCUT2D eigenvalue weighted by molar-refractivity contribution is 0.0640. The van der Waals surface area contributed by atoms with Crippen LogP contribution in [0.5, 0.6) is 0 Å². The fourth-order valence-electron chi connectivity index (χ4n) is 2.43. The molecule has 0 radical (unpaired) electrons. The highest BCUT2D eigenvalue weighted by Crippen LogP contribution is 2.30. The highest BCUT2D eigenvalue weighted by molar-refractivity contribution is 4.86. The molecule has 0 atom stereocenters. The Bertz CT molecular complexity index is 225. The van der Waals surface area contributed by atoms with Gasteiger partial charge >= 0.3 is 0 Å². The minimum atomic E-state index is -0.602. The smallest absolute Gasteiger partial charge is 0.0715 e. The molecule has 1 aliphatic heterocycles. The summed E-state index contributed by atoms with van der Waals surface area (Å²) in [5.41, 5.74) is -0.203. The van der Waals surface area contributed by atoms with Gasteiger partial charge in [-0.3, -0.25) is 0 Å². The number of nitrogens with one attached hydrogen (secondary N) is 1. The number of nitrogens with zero attached hydrogens (tertiary/aromatic N) is 1. The first kappa shape index (κ1) is 14.9. The van der Waals surface area contributed by atoms with E-state index >= 15 is 0 Å². The molecule has 17 heavy (non-hydrogen) atoms. The van der Waals surface area contributed by atoms with Gasteiger partial charge in [-0.25, -0.2) is 0 Å². The lowest BCUT2D eigenvalue weighted by Gasteiger charge is -2.41. The highest BCUT2D eigenvalue weighted by atomic mass is 16.3. The average molecular weight is 242 g/mol. The van der Waals surface area contributed by atoms with E-state index in [9.17, 15) is 5.11 Å². The second-order valence-corrected chi connectivity index (χ2v) is 6.86. The second kappa shape index (κ2) is 5.68. The van der Waals surface area contributed by atoms with E-state index < -0.39 is 5.60 Å². The minimum Gasteiger partial charge on any atom is -0.389 e. The number of rotatable bonds is 5. The van der Waals surface area contributed by atoms with Crippen molar-refractivity contribution in [3.8, 4) is 0 Å². The van der Waals surface area contributed by atoms with Crippen LogP contribution in [-0.2, 0) is 0 Å². The van der Waals surface area contributed by atoms with Crippen LogP contribution in [0.4, 0.5) is 0 Å². The molecule has 0 aromatic heterocycles. The normalized spacial score (nSPS) is 22.1. The van der Waals surface area contributed by atoms with Crippen LogP contribution in [0.25, 0.3) is 0 Å². The summed E-state index contributed by atoms with van der Waals surface area (Å²) in [5.74, 6) is 0. The molecule has 0 bridgehead atoms. The molecule has 102 valence electrons. The molecule has 2 N–H and O–H groups in total. The zero-order valence-electron chi connectivity index (χ0n) is 12.2. The number of likely N-dealkylation sites (tertiary alicyclic amines) is 1. The van der Waals surface area contributed by atoms with Crippen LogP contribution in [0.1, 0.15) is 47.5 Å². The zero-order chi connectivity index (χ0) is 13.1. The number of aliphatic hydroxyl groups is 1. The maximum absolute atomic E-state index is 9.68. The van der Waals surface area contributed by atoms with E-state index in [2.05, 4.69) is 31.0 Å². The average Bonchev–Trinajstić information content (AvgIpc) is 2.15. The van der Waals surface area contributed by atoms with Gasteiger partial charge in [0.25, 0.3) is 0 Å². The van der Waals surface area contributed by atoms with Crippen LogP contribution in [-0.4, -0.2) is 47.8 Å².